The van der Waals surface area contributed by atoms with Crippen molar-refractivity contribution in [1.29, 1.82) is 0 Å². The third-order valence-electron chi connectivity index (χ3n) is 10.4. The van der Waals surface area contributed by atoms with Crippen molar-refractivity contribution in [3.05, 3.63) is 36.5 Å². The van der Waals surface area contributed by atoms with Crippen LogP contribution < -0.4 is 0 Å². The maximum Gasteiger partial charge on any atom is 0.253 e. The second-order valence-electron chi connectivity index (χ2n) is 15.0. The van der Waals surface area contributed by atoms with Crippen molar-refractivity contribution < 1.29 is 38.2 Å². The van der Waals surface area contributed by atoms with E-state index in [2.05, 4.69) is 19.1 Å². The van der Waals surface area contributed by atoms with Crippen LogP contribution in [0.5, 0.6) is 0 Å². The molecule has 0 aliphatic carbocycles. The van der Waals surface area contributed by atoms with E-state index in [0.29, 0.717) is 32.7 Å². The molecule has 0 N–H and O–H groups in total. The number of carbonyl (C=O) groups is 6. The molecule has 11 heteroatoms. The Kier molecular flexibility index (Phi) is 22.6. The second-order valence-corrected chi connectivity index (χ2v) is 15.0. The average molecular weight is 754 g/mol. The first-order valence-electron chi connectivity index (χ1n) is 21.1. The van der Waals surface area contributed by atoms with Gasteiger partial charge in [-0.3, -0.25) is 43.5 Å². The summed E-state index contributed by atoms with van der Waals surface area (Å²) in [6, 6.07) is 0. The number of nitrogens with zero attached hydrogens (tertiary/aromatic N) is 3. The van der Waals surface area contributed by atoms with Crippen LogP contribution in [0.1, 0.15) is 148 Å². The van der Waals surface area contributed by atoms with Crippen molar-refractivity contribution >= 4 is 35.4 Å². The van der Waals surface area contributed by atoms with Gasteiger partial charge in [-0.1, -0.05) is 109 Å². The Bertz CT molecular complexity index is 1240. The molecule has 1 saturated heterocycles. The molecule has 0 spiro atoms. The number of hydrogen-bond acceptors (Lipinski definition) is 8. The zero-order valence-electron chi connectivity index (χ0n) is 33.0. The van der Waals surface area contributed by atoms with E-state index in [0.717, 1.165) is 64.2 Å². The SMILES string of the molecule is CCCCCCCCCCCCC/C=C/CC1CC(=O)N(CC(COCCCCCCN2C(=O)C=CC2=O)OCCCCCCN2C(=O)C=CC2=O)C1=O. The van der Waals surface area contributed by atoms with Gasteiger partial charge in [0.2, 0.25) is 11.8 Å². The summed E-state index contributed by atoms with van der Waals surface area (Å²) in [4.78, 5) is 77.0. The molecule has 2 atom stereocenters. The highest BCUT2D eigenvalue weighted by molar-refractivity contribution is 6.13. The molecule has 3 rings (SSSR count). The maximum atomic E-state index is 13.3. The normalized spacial score (nSPS) is 17.9. The van der Waals surface area contributed by atoms with Crippen LogP contribution >= 0.6 is 0 Å². The van der Waals surface area contributed by atoms with Crippen LogP contribution in [0.4, 0.5) is 0 Å². The molecule has 3 heterocycles. The van der Waals surface area contributed by atoms with Gasteiger partial charge in [0.1, 0.15) is 0 Å². The lowest BCUT2D eigenvalue weighted by atomic mass is 10.0. The Morgan fingerprint density at radius 3 is 1.63 bits per heavy atom. The van der Waals surface area contributed by atoms with E-state index in [4.69, 9.17) is 9.47 Å². The fourth-order valence-electron chi connectivity index (χ4n) is 7.11. The summed E-state index contributed by atoms with van der Waals surface area (Å²) in [7, 11) is 0. The van der Waals surface area contributed by atoms with E-state index >= 15 is 0 Å². The quantitative estimate of drug-likeness (QED) is 0.0386. The summed E-state index contributed by atoms with van der Waals surface area (Å²) in [6.45, 7) is 4.44. The van der Waals surface area contributed by atoms with Crippen molar-refractivity contribution in [3.63, 3.8) is 0 Å². The molecule has 0 aromatic rings. The van der Waals surface area contributed by atoms with Gasteiger partial charge in [0.05, 0.1) is 25.2 Å². The molecule has 3 aliphatic heterocycles. The van der Waals surface area contributed by atoms with Crippen LogP contribution in [-0.2, 0) is 38.2 Å². The lowest BCUT2D eigenvalue weighted by molar-refractivity contribution is -0.143. The summed E-state index contributed by atoms with van der Waals surface area (Å²) in [5, 5.41) is 0. The number of likely N-dealkylation sites (tertiary alicyclic amines) is 1. The molecule has 6 amide bonds. The molecule has 0 radical (unpaired) electrons. The topological polar surface area (TPSA) is 131 Å². The molecule has 2 unspecified atom stereocenters. The lowest BCUT2D eigenvalue weighted by Gasteiger charge is -2.23. The highest BCUT2D eigenvalue weighted by Crippen LogP contribution is 2.24. The Labute approximate surface area is 323 Å². The molecule has 11 nitrogen and oxygen atoms in total. The fourth-order valence-corrected chi connectivity index (χ4v) is 7.11. The maximum absolute atomic E-state index is 13.3. The van der Waals surface area contributed by atoms with Crippen molar-refractivity contribution in [2.75, 3.05) is 39.5 Å². The first-order valence-corrected chi connectivity index (χ1v) is 21.1. The Morgan fingerprint density at radius 2 is 1.07 bits per heavy atom. The molecular weight excluding hydrogens is 686 g/mol. The van der Waals surface area contributed by atoms with Crippen LogP contribution in [-0.4, -0.2) is 95.7 Å². The zero-order valence-corrected chi connectivity index (χ0v) is 33.0. The van der Waals surface area contributed by atoms with Gasteiger partial charge in [-0.15, -0.1) is 0 Å². The predicted octanol–water partition coefficient (Wildman–Crippen LogP) is 7.38. The molecule has 302 valence electrons. The number of hydrogen-bond donors (Lipinski definition) is 0. The molecular formula is C43H67N3O8. The van der Waals surface area contributed by atoms with Gasteiger partial charge < -0.3 is 9.47 Å². The van der Waals surface area contributed by atoms with Crippen LogP contribution in [0.2, 0.25) is 0 Å². The molecule has 0 saturated carbocycles. The van der Waals surface area contributed by atoms with E-state index in [1.54, 1.807) is 0 Å². The van der Waals surface area contributed by atoms with Gasteiger partial charge >= 0.3 is 0 Å². The fraction of sp³-hybridized carbons (Fsp3) is 0.721. The number of unbranched alkanes of at least 4 members (excludes halogenated alkanes) is 17. The Morgan fingerprint density at radius 1 is 0.593 bits per heavy atom. The lowest BCUT2D eigenvalue weighted by Crippen LogP contribution is -2.40. The summed E-state index contributed by atoms with van der Waals surface area (Å²) in [6.07, 6.45) is 31.7. The number of imide groups is 3. The standard InChI is InChI=1S/C43H67N3O8/c1-2-3-4-5-6-7-8-9-10-11-12-13-14-19-24-36-33-42(51)46(43(36)52)34-37(54-32-23-18-16-21-30-45-40(49)27-28-41(45)50)35-53-31-22-17-15-20-29-44-38(47)25-26-39(44)48/h14,19,25-28,36-37H,2-13,15-18,20-24,29-35H2,1H3/b19-14+. The number of amides is 6. The molecule has 3 aliphatic rings. The minimum absolute atomic E-state index is 0.140. The summed E-state index contributed by atoms with van der Waals surface area (Å²) < 4.78 is 12.1. The van der Waals surface area contributed by atoms with Crippen LogP contribution in [0.25, 0.3) is 0 Å². The molecule has 1 fully saturated rings. The summed E-state index contributed by atoms with van der Waals surface area (Å²) >= 11 is 0. The molecule has 54 heavy (non-hydrogen) atoms. The monoisotopic (exact) mass is 753 g/mol. The minimum atomic E-state index is -0.446. The average Bonchev–Trinajstić information content (AvgIpc) is 3.76. The minimum Gasteiger partial charge on any atom is -0.379 e. The first kappa shape index (κ1) is 45.0. The summed E-state index contributed by atoms with van der Waals surface area (Å²) in [5.41, 5.74) is 0. The first-order chi connectivity index (χ1) is 26.3. The van der Waals surface area contributed by atoms with Gasteiger partial charge in [-0.05, 0) is 44.9 Å². The van der Waals surface area contributed by atoms with Crippen LogP contribution in [0, 0.1) is 5.92 Å². The molecule has 0 aromatic heterocycles. The smallest absolute Gasteiger partial charge is 0.253 e. The van der Waals surface area contributed by atoms with E-state index in [1.165, 1.54) is 103 Å². The largest absolute Gasteiger partial charge is 0.379 e. The van der Waals surface area contributed by atoms with Gasteiger partial charge in [-0.25, -0.2) is 0 Å². The van der Waals surface area contributed by atoms with E-state index in [-0.39, 0.29) is 60.9 Å². The highest BCUT2D eigenvalue weighted by atomic mass is 16.5. The van der Waals surface area contributed by atoms with Gasteiger partial charge in [0.25, 0.3) is 23.6 Å². The van der Waals surface area contributed by atoms with E-state index < -0.39 is 6.10 Å². The Hall–Kier alpha value is -3.44. The van der Waals surface area contributed by atoms with Crippen molar-refractivity contribution in [2.45, 2.75) is 154 Å². The molecule has 0 aromatic carbocycles. The van der Waals surface area contributed by atoms with Crippen LogP contribution in [0.3, 0.4) is 0 Å². The van der Waals surface area contributed by atoms with E-state index in [1.807, 2.05) is 0 Å². The van der Waals surface area contributed by atoms with Gasteiger partial charge in [0.15, 0.2) is 0 Å². The number of rotatable bonds is 33. The number of allylic oxidation sites excluding steroid dienone is 2. The Balaban J connectivity index is 1.32. The zero-order chi connectivity index (χ0) is 38.8. The summed E-state index contributed by atoms with van der Waals surface area (Å²) in [5.74, 6) is -1.67. The van der Waals surface area contributed by atoms with Gasteiger partial charge in [-0.2, -0.15) is 0 Å². The number of ether oxygens (including phenoxy) is 2. The third-order valence-corrected chi connectivity index (χ3v) is 10.4. The van der Waals surface area contributed by atoms with Crippen molar-refractivity contribution in [3.8, 4) is 0 Å². The van der Waals surface area contributed by atoms with Crippen molar-refractivity contribution in [2.24, 2.45) is 5.92 Å². The third kappa shape index (κ3) is 17.4. The molecule has 0 bridgehead atoms. The van der Waals surface area contributed by atoms with Crippen LogP contribution in [0.15, 0.2) is 36.5 Å². The van der Waals surface area contributed by atoms with Gasteiger partial charge in [0, 0.05) is 57.0 Å². The van der Waals surface area contributed by atoms with E-state index in [9.17, 15) is 28.8 Å². The number of carbonyl (C=O) groups excluding carboxylic acids is 6. The van der Waals surface area contributed by atoms with Crippen molar-refractivity contribution in [1.82, 2.24) is 14.7 Å². The highest BCUT2D eigenvalue weighted by Gasteiger charge is 2.39. The predicted molar refractivity (Wildman–Crippen MR) is 209 cm³/mol. The second kappa shape index (κ2) is 27.2.